The highest BCUT2D eigenvalue weighted by Crippen LogP contribution is 2.68. The van der Waals surface area contributed by atoms with Crippen LogP contribution >= 0.6 is 0 Å². The molecule has 0 bridgehead atoms. The highest BCUT2D eigenvalue weighted by Gasteiger charge is 2.63. The predicted octanol–water partition coefficient (Wildman–Crippen LogP) is 3.59. The highest BCUT2D eigenvalue weighted by molar-refractivity contribution is 5.93. The van der Waals surface area contributed by atoms with E-state index in [0.29, 0.717) is 48.3 Å². The summed E-state index contributed by atoms with van der Waals surface area (Å²) in [5.74, 6) is 2.76. The number of primary amides is 1. The molecule has 0 unspecified atom stereocenters. The first-order valence-corrected chi connectivity index (χ1v) is 12.5. The summed E-state index contributed by atoms with van der Waals surface area (Å²) in [6.45, 7) is 6.97. The number of carbonyl (C=O) groups excluding carboxylic acids is 2. The number of hydrogen-bond acceptors (Lipinski definition) is 4. The lowest BCUT2D eigenvalue weighted by molar-refractivity contribution is -0.174. The van der Waals surface area contributed by atoms with Crippen molar-refractivity contribution in [1.82, 2.24) is 5.32 Å². The number of rotatable bonds is 4. The van der Waals surface area contributed by atoms with Gasteiger partial charge in [-0.1, -0.05) is 20.8 Å². The summed E-state index contributed by atoms with van der Waals surface area (Å²) < 4.78 is 0. The zero-order chi connectivity index (χ0) is 22.6. The predicted molar refractivity (Wildman–Crippen MR) is 119 cm³/mol. The Labute approximate surface area is 186 Å². The topological polar surface area (TPSA) is 113 Å². The molecule has 4 aliphatic carbocycles. The van der Waals surface area contributed by atoms with E-state index in [1.165, 1.54) is 19.3 Å². The lowest BCUT2D eigenvalue weighted by Crippen LogP contribution is -2.58. The molecule has 31 heavy (non-hydrogen) atoms. The van der Waals surface area contributed by atoms with Crippen molar-refractivity contribution in [3.05, 3.63) is 0 Å². The molecule has 0 aromatic rings. The van der Waals surface area contributed by atoms with Gasteiger partial charge in [0.2, 0.25) is 5.91 Å². The van der Waals surface area contributed by atoms with Gasteiger partial charge in [-0.05, 0) is 104 Å². The monoisotopic (exact) mass is 434 g/mol. The summed E-state index contributed by atoms with van der Waals surface area (Å²) in [5, 5.41) is 24.0. The number of urea groups is 1. The first-order valence-electron chi connectivity index (χ1n) is 12.5. The Morgan fingerprint density at radius 1 is 1.06 bits per heavy atom. The number of nitrogens with two attached hydrogens (primary N) is 1. The maximum atomic E-state index is 11.9. The molecule has 4 fully saturated rings. The largest absolute Gasteiger partial charge is 0.393 e. The average Bonchev–Trinajstić information content (AvgIpc) is 3.06. The average molecular weight is 435 g/mol. The molecule has 6 nitrogen and oxygen atoms in total. The van der Waals surface area contributed by atoms with E-state index in [2.05, 4.69) is 26.1 Å². The van der Waals surface area contributed by atoms with Crippen molar-refractivity contribution in [3.8, 4) is 0 Å². The molecule has 0 aromatic carbocycles. The third-order valence-electron chi connectivity index (χ3n) is 10.6. The van der Waals surface area contributed by atoms with Gasteiger partial charge in [0, 0.05) is 6.42 Å². The maximum absolute atomic E-state index is 11.9. The van der Waals surface area contributed by atoms with E-state index in [-0.39, 0.29) is 28.9 Å². The van der Waals surface area contributed by atoms with E-state index >= 15 is 0 Å². The second kappa shape index (κ2) is 8.33. The number of imide groups is 1. The van der Waals surface area contributed by atoms with Crippen LogP contribution in [0.1, 0.15) is 85.0 Å². The van der Waals surface area contributed by atoms with Crippen LogP contribution in [0, 0.1) is 46.3 Å². The summed E-state index contributed by atoms with van der Waals surface area (Å²) in [6.07, 6.45) is 9.09. The van der Waals surface area contributed by atoms with Gasteiger partial charge >= 0.3 is 6.03 Å². The fraction of sp³-hybridized carbons (Fsp3) is 0.920. The zero-order valence-electron chi connectivity index (χ0n) is 19.5. The van der Waals surface area contributed by atoms with Crippen molar-refractivity contribution in [2.75, 3.05) is 0 Å². The lowest BCUT2D eigenvalue weighted by Gasteiger charge is -2.62. The Bertz CT molecular complexity index is 714. The number of aliphatic hydroxyl groups excluding tert-OH is 2. The van der Waals surface area contributed by atoms with Gasteiger partial charge in [0.15, 0.2) is 0 Å². The molecular formula is C25H42N2O4. The number of fused-ring (bicyclic) bond motifs is 5. The van der Waals surface area contributed by atoms with Crippen LogP contribution in [0.5, 0.6) is 0 Å². The molecule has 0 aliphatic heterocycles. The van der Waals surface area contributed by atoms with E-state index in [1.54, 1.807) is 0 Å². The summed E-state index contributed by atoms with van der Waals surface area (Å²) in [6, 6.07) is -0.793. The first-order chi connectivity index (χ1) is 14.6. The number of aliphatic hydroxyl groups is 2. The van der Waals surface area contributed by atoms with E-state index in [0.717, 1.165) is 32.1 Å². The smallest absolute Gasteiger partial charge is 0.318 e. The molecule has 4 rings (SSSR count). The molecule has 4 saturated carbocycles. The summed E-state index contributed by atoms with van der Waals surface area (Å²) in [5.41, 5.74) is 5.21. The Morgan fingerprint density at radius 2 is 1.81 bits per heavy atom. The normalized spacial score (nSPS) is 47.6. The molecule has 0 heterocycles. The SMILES string of the molecule is C[C@H](CCC(=O)NC(N)=O)[C@H]1CC[C@H]2[C@@H]3CC[C@@H]4C[C@H](O)CC[C@]4(C)[C@H]3C[C@H](O)[C@]12C. The summed E-state index contributed by atoms with van der Waals surface area (Å²) in [4.78, 5) is 22.8. The fourth-order valence-electron chi connectivity index (χ4n) is 8.92. The van der Waals surface area contributed by atoms with Crippen molar-refractivity contribution in [3.63, 3.8) is 0 Å². The van der Waals surface area contributed by atoms with Crippen LogP contribution < -0.4 is 11.1 Å². The third-order valence-corrected chi connectivity index (χ3v) is 10.6. The van der Waals surface area contributed by atoms with E-state index in [4.69, 9.17) is 5.73 Å². The van der Waals surface area contributed by atoms with Gasteiger partial charge < -0.3 is 15.9 Å². The van der Waals surface area contributed by atoms with Gasteiger partial charge in [-0.3, -0.25) is 10.1 Å². The number of hydrogen-bond donors (Lipinski definition) is 4. The van der Waals surface area contributed by atoms with Gasteiger partial charge in [-0.25, -0.2) is 4.79 Å². The van der Waals surface area contributed by atoms with E-state index < -0.39 is 6.03 Å². The van der Waals surface area contributed by atoms with Crippen molar-refractivity contribution >= 4 is 11.9 Å². The van der Waals surface area contributed by atoms with Crippen LogP contribution in [-0.4, -0.2) is 34.4 Å². The van der Waals surface area contributed by atoms with Crippen LogP contribution in [0.4, 0.5) is 4.79 Å². The minimum absolute atomic E-state index is 0.0991. The van der Waals surface area contributed by atoms with Crippen molar-refractivity contribution < 1.29 is 19.8 Å². The van der Waals surface area contributed by atoms with E-state index in [9.17, 15) is 19.8 Å². The highest BCUT2D eigenvalue weighted by atomic mass is 16.3. The summed E-state index contributed by atoms with van der Waals surface area (Å²) in [7, 11) is 0. The molecule has 0 aromatic heterocycles. The molecule has 0 saturated heterocycles. The Hall–Kier alpha value is -1.14. The number of nitrogens with one attached hydrogen (secondary N) is 1. The van der Waals surface area contributed by atoms with Crippen molar-refractivity contribution in [2.24, 2.45) is 52.1 Å². The molecule has 0 spiro atoms. The third kappa shape index (κ3) is 3.82. The van der Waals surface area contributed by atoms with Crippen LogP contribution in [0.15, 0.2) is 0 Å². The van der Waals surface area contributed by atoms with Crippen molar-refractivity contribution in [1.29, 1.82) is 0 Å². The Balaban J connectivity index is 1.49. The summed E-state index contributed by atoms with van der Waals surface area (Å²) >= 11 is 0. The van der Waals surface area contributed by atoms with Gasteiger partial charge in [0.25, 0.3) is 0 Å². The van der Waals surface area contributed by atoms with Gasteiger partial charge in [-0.15, -0.1) is 0 Å². The van der Waals surface area contributed by atoms with Gasteiger partial charge in [0.05, 0.1) is 12.2 Å². The number of carbonyl (C=O) groups is 2. The Kier molecular flexibility index (Phi) is 6.19. The van der Waals surface area contributed by atoms with Crippen LogP contribution in [0.3, 0.4) is 0 Å². The minimum Gasteiger partial charge on any atom is -0.393 e. The second-order valence-electron chi connectivity index (χ2n) is 11.8. The zero-order valence-corrected chi connectivity index (χ0v) is 19.5. The first kappa shape index (κ1) is 23.0. The van der Waals surface area contributed by atoms with Crippen LogP contribution in [0.25, 0.3) is 0 Å². The lowest BCUT2D eigenvalue weighted by atomic mass is 9.43. The van der Waals surface area contributed by atoms with Gasteiger partial charge in [0.1, 0.15) is 0 Å². The molecule has 3 amide bonds. The van der Waals surface area contributed by atoms with Crippen molar-refractivity contribution in [2.45, 2.75) is 97.2 Å². The molecule has 0 radical (unpaired) electrons. The molecule has 5 N–H and O–H groups in total. The van der Waals surface area contributed by atoms with Crippen LogP contribution in [0.2, 0.25) is 0 Å². The molecular weight excluding hydrogens is 392 g/mol. The minimum atomic E-state index is -0.793. The maximum Gasteiger partial charge on any atom is 0.318 e. The number of amides is 3. The van der Waals surface area contributed by atoms with Gasteiger partial charge in [-0.2, -0.15) is 0 Å². The standard InChI is InChI=1S/C25H42N2O4/c1-14(4-9-22(30)27-23(26)31)18-7-8-19-17-6-5-15-12-16(28)10-11-24(15,2)20(17)13-21(29)25(18,19)3/h14-21,28-29H,4-13H2,1-3H3,(H3,26,27,30,31)/t14-,15-,16-,17+,18-,19+,20+,21+,24+,25-/m1/s1. The molecule has 4 aliphatic rings. The second-order valence-corrected chi connectivity index (χ2v) is 11.8. The molecule has 10 atom stereocenters. The fourth-order valence-corrected chi connectivity index (χ4v) is 8.92. The van der Waals surface area contributed by atoms with E-state index in [1.807, 2.05) is 0 Å². The molecule has 176 valence electrons. The quantitative estimate of drug-likeness (QED) is 0.541. The Morgan fingerprint density at radius 3 is 2.52 bits per heavy atom. The van der Waals surface area contributed by atoms with Crippen LogP contribution in [-0.2, 0) is 4.79 Å². The molecule has 6 heteroatoms.